The van der Waals surface area contributed by atoms with Crippen molar-refractivity contribution in [1.29, 1.82) is 0 Å². The van der Waals surface area contributed by atoms with Gasteiger partial charge in [0.1, 0.15) is 0 Å². The molecule has 0 amide bonds. The molecule has 2 heteroatoms. The van der Waals surface area contributed by atoms with E-state index in [2.05, 4.69) is 44.2 Å². The molecule has 1 N–H and O–H groups in total. The Morgan fingerprint density at radius 1 is 1.41 bits per heavy atom. The lowest BCUT2D eigenvalue weighted by Crippen LogP contribution is -2.59. The molecule has 0 bridgehead atoms. The molecule has 1 rings (SSSR count). The van der Waals surface area contributed by atoms with E-state index >= 15 is 0 Å². The maximum absolute atomic E-state index is 5.41. The van der Waals surface area contributed by atoms with Gasteiger partial charge in [0.05, 0.1) is 0 Å². The molecule has 2 nitrogen and oxygen atoms in total. The Hall–Kier alpha value is -0.520. The summed E-state index contributed by atoms with van der Waals surface area (Å²) in [5.41, 5.74) is 0.304. The third kappa shape index (κ3) is 3.24. The molecule has 0 spiro atoms. The van der Waals surface area contributed by atoms with Crippen LogP contribution < -0.4 is 5.32 Å². The van der Waals surface area contributed by atoms with Crippen molar-refractivity contribution in [1.82, 2.24) is 10.2 Å². The van der Waals surface area contributed by atoms with Crippen molar-refractivity contribution in [2.45, 2.75) is 57.0 Å². The van der Waals surface area contributed by atoms with Gasteiger partial charge in [0.25, 0.3) is 0 Å². The second kappa shape index (κ2) is 6.42. The molecular weight excluding hydrogens is 208 g/mol. The van der Waals surface area contributed by atoms with E-state index in [1.807, 2.05) is 0 Å². The molecule has 1 unspecified atom stereocenters. The summed E-state index contributed by atoms with van der Waals surface area (Å²) in [7, 11) is 6.51. The Balaban J connectivity index is 2.79. The molecule has 0 saturated heterocycles. The Morgan fingerprint density at radius 3 is 2.41 bits per heavy atom. The number of rotatable bonds is 5. The summed E-state index contributed by atoms with van der Waals surface area (Å²) in [6.45, 7) is 2.37. The van der Waals surface area contributed by atoms with Crippen LogP contribution in [0.25, 0.3) is 0 Å². The van der Waals surface area contributed by atoms with Crippen LogP contribution in [0, 0.1) is 18.3 Å². The van der Waals surface area contributed by atoms with Crippen molar-refractivity contribution in [3.05, 3.63) is 0 Å². The number of terminal acetylenes is 1. The molecule has 0 radical (unpaired) electrons. The van der Waals surface area contributed by atoms with Crippen LogP contribution in [0.4, 0.5) is 0 Å². The van der Waals surface area contributed by atoms with Gasteiger partial charge < -0.3 is 10.2 Å². The zero-order valence-electron chi connectivity index (χ0n) is 11.9. The van der Waals surface area contributed by atoms with Crippen LogP contribution in [0.1, 0.15) is 45.4 Å². The first-order valence-electron chi connectivity index (χ1n) is 6.85. The fraction of sp³-hybridized carbons (Fsp3) is 0.867. The van der Waals surface area contributed by atoms with Gasteiger partial charge in [0.15, 0.2) is 0 Å². The molecule has 1 atom stereocenters. The molecule has 0 aromatic carbocycles. The van der Waals surface area contributed by atoms with E-state index in [1.165, 1.54) is 25.7 Å². The maximum Gasteiger partial charge on any atom is 0.0356 e. The van der Waals surface area contributed by atoms with Gasteiger partial charge in [-0.1, -0.05) is 6.92 Å². The summed E-state index contributed by atoms with van der Waals surface area (Å²) in [5, 5.41) is 3.51. The normalized spacial score (nSPS) is 31.2. The fourth-order valence-corrected chi connectivity index (χ4v) is 3.28. The third-order valence-electron chi connectivity index (χ3n) is 4.61. The smallest absolute Gasteiger partial charge is 0.0356 e. The predicted octanol–water partition coefficient (Wildman–Crippen LogP) is 2.50. The number of nitrogens with zero attached hydrogens (tertiary/aromatic N) is 1. The fourth-order valence-electron chi connectivity index (χ4n) is 3.28. The first kappa shape index (κ1) is 14.5. The zero-order chi connectivity index (χ0) is 12.9. The lowest BCUT2D eigenvalue weighted by Gasteiger charge is -2.49. The molecule has 0 aliphatic heterocycles. The minimum atomic E-state index is 0.304. The monoisotopic (exact) mass is 236 g/mol. The first-order chi connectivity index (χ1) is 8.06. The molecule has 1 aliphatic carbocycles. The highest BCUT2D eigenvalue weighted by Crippen LogP contribution is 2.38. The van der Waals surface area contributed by atoms with E-state index in [4.69, 9.17) is 6.42 Å². The van der Waals surface area contributed by atoms with E-state index in [0.29, 0.717) is 11.6 Å². The number of likely N-dealkylation sites (N-methyl/N-ethyl adjacent to an activating group) is 2. The molecule has 1 saturated carbocycles. The quantitative estimate of drug-likeness (QED) is 0.738. The molecule has 98 valence electrons. The summed E-state index contributed by atoms with van der Waals surface area (Å²) in [4.78, 5) is 2.43. The average molecular weight is 236 g/mol. The molecule has 1 aliphatic rings. The minimum Gasteiger partial charge on any atom is -0.315 e. The highest BCUT2D eigenvalue weighted by Gasteiger charge is 2.41. The van der Waals surface area contributed by atoms with E-state index in [-0.39, 0.29) is 0 Å². The van der Waals surface area contributed by atoms with Gasteiger partial charge in [0, 0.05) is 18.0 Å². The minimum absolute atomic E-state index is 0.304. The first-order valence-corrected chi connectivity index (χ1v) is 6.85. The van der Waals surface area contributed by atoms with Gasteiger partial charge in [-0.25, -0.2) is 0 Å². The summed E-state index contributed by atoms with van der Waals surface area (Å²) in [6.07, 6.45) is 12.6. The zero-order valence-corrected chi connectivity index (χ0v) is 11.9. The highest BCUT2D eigenvalue weighted by atomic mass is 15.2. The molecular formula is C15H28N2. The van der Waals surface area contributed by atoms with Crippen LogP contribution in [0.2, 0.25) is 0 Å². The second-order valence-corrected chi connectivity index (χ2v) is 5.76. The van der Waals surface area contributed by atoms with Gasteiger partial charge >= 0.3 is 0 Å². The largest absolute Gasteiger partial charge is 0.315 e. The highest BCUT2D eigenvalue weighted by molar-refractivity contribution is 5.02. The summed E-state index contributed by atoms with van der Waals surface area (Å²) >= 11 is 0. The Bertz CT molecular complexity index is 257. The lowest BCUT2D eigenvalue weighted by molar-refractivity contribution is 0.0436. The Morgan fingerprint density at radius 2 is 2.00 bits per heavy atom. The van der Waals surface area contributed by atoms with Crippen LogP contribution in [0.15, 0.2) is 0 Å². The topological polar surface area (TPSA) is 15.3 Å². The van der Waals surface area contributed by atoms with Crippen LogP contribution in [-0.4, -0.2) is 37.6 Å². The van der Waals surface area contributed by atoms with Gasteiger partial charge in [-0.05, 0) is 59.2 Å². The van der Waals surface area contributed by atoms with E-state index in [1.54, 1.807) is 0 Å². The Labute approximate surface area is 107 Å². The molecule has 1 fully saturated rings. The standard InChI is InChI=1S/C15H28N2/c1-6-7-8-14(16-3)15(17(4)5)11-9-13(2)10-12-15/h1,13-14,16H,7-12H2,2-5H3. The van der Waals surface area contributed by atoms with Crippen molar-refractivity contribution in [3.8, 4) is 12.3 Å². The van der Waals surface area contributed by atoms with Crippen LogP contribution in [0.5, 0.6) is 0 Å². The number of nitrogens with one attached hydrogen (secondary N) is 1. The van der Waals surface area contributed by atoms with E-state index < -0.39 is 0 Å². The van der Waals surface area contributed by atoms with Crippen LogP contribution in [0.3, 0.4) is 0 Å². The van der Waals surface area contributed by atoms with E-state index in [9.17, 15) is 0 Å². The van der Waals surface area contributed by atoms with Crippen LogP contribution >= 0.6 is 0 Å². The summed E-state index contributed by atoms with van der Waals surface area (Å²) < 4.78 is 0. The maximum atomic E-state index is 5.41. The van der Waals surface area contributed by atoms with E-state index in [0.717, 1.165) is 18.8 Å². The van der Waals surface area contributed by atoms with Gasteiger partial charge in [-0.3, -0.25) is 0 Å². The molecule has 0 aromatic rings. The van der Waals surface area contributed by atoms with Crippen LogP contribution in [-0.2, 0) is 0 Å². The van der Waals surface area contributed by atoms with Gasteiger partial charge in [-0.2, -0.15) is 0 Å². The van der Waals surface area contributed by atoms with Crippen molar-refractivity contribution in [3.63, 3.8) is 0 Å². The second-order valence-electron chi connectivity index (χ2n) is 5.76. The average Bonchev–Trinajstić information content (AvgIpc) is 2.32. The summed E-state index contributed by atoms with van der Waals surface area (Å²) in [5.74, 6) is 3.66. The van der Waals surface area contributed by atoms with Gasteiger partial charge in [0.2, 0.25) is 0 Å². The Kier molecular flexibility index (Phi) is 5.49. The van der Waals surface area contributed by atoms with Gasteiger partial charge in [-0.15, -0.1) is 12.3 Å². The number of hydrogen-bond donors (Lipinski definition) is 1. The predicted molar refractivity (Wildman–Crippen MR) is 75.0 cm³/mol. The summed E-state index contributed by atoms with van der Waals surface area (Å²) in [6, 6.07) is 0.515. The van der Waals surface area contributed by atoms with Crippen molar-refractivity contribution >= 4 is 0 Å². The lowest BCUT2D eigenvalue weighted by atomic mass is 9.71. The van der Waals surface area contributed by atoms with Crippen molar-refractivity contribution in [2.75, 3.05) is 21.1 Å². The molecule has 0 heterocycles. The third-order valence-corrected chi connectivity index (χ3v) is 4.61. The SMILES string of the molecule is C#CCCC(NC)C1(N(C)C)CCC(C)CC1. The van der Waals surface area contributed by atoms with Crippen molar-refractivity contribution < 1.29 is 0 Å². The molecule has 17 heavy (non-hydrogen) atoms. The number of hydrogen-bond acceptors (Lipinski definition) is 2. The molecule has 0 aromatic heterocycles. The van der Waals surface area contributed by atoms with Crippen molar-refractivity contribution in [2.24, 2.45) is 5.92 Å².